The van der Waals surface area contributed by atoms with Crippen LogP contribution < -0.4 is 9.47 Å². The van der Waals surface area contributed by atoms with E-state index in [4.69, 9.17) is 21.1 Å². The van der Waals surface area contributed by atoms with Crippen molar-refractivity contribution in [3.8, 4) is 11.5 Å². The van der Waals surface area contributed by atoms with Crippen LogP contribution in [-0.2, 0) is 0 Å². The first kappa shape index (κ1) is 14.1. The van der Waals surface area contributed by atoms with Crippen molar-refractivity contribution in [2.75, 3.05) is 7.11 Å². The zero-order valence-electron chi connectivity index (χ0n) is 10.6. The van der Waals surface area contributed by atoms with Crippen molar-refractivity contribution in [2.24, 2.45) is 0 Å². The minimum Gasteiger partial charge on any atom is -0.493 e. The van der Waals surface area contributed by atoms with Gasteiger partial charge in [0, 0.05) is 10.6 Å². The van der Waals surface area contributed by atoms with Crippen LogP contribution in [0.2, 0.25) is 5.02 Å². The molecule has 20 heavy (non-hydrogen) atoms. The van der Waals surface area contributed by atoms with E-state index in [-0.39, 0.29) is 5.75 Å². The van der Waals surface area contributed by atoms with E-state index in [0.29, 0.717) is 28.2 Å². The van der Waals surface area contributed by atoms with Crippen LogP contribution in [0.3, 0.4) is 0 Å². The highest BCUT2D eigenvalue weighted by molar-refractivity contribution is 6.30. The molecule has 0 saturated carbocycles. The Hall–Kier alpha value is -2.33. The maximum absolute atomic E-state index is 12.0. The summed E-state index contributed by atoms with van der Waals surface area (Å²) in [6, 6.07) is 11.0. The van der Waals surface area contributed by atoms with Gasteiger partial charge in [-0.1, -0.05) is 17.7 Å². The minimum absolute atomic E-state index is 0.182. The predicted molar refractivity (Wildman–Crippen MR) is 74.8 cm³/mol. The second-order valence-electron chi connectivity index (χ2n) is 3.93. The number of halogens is 1. The molecular formula is C15H11ClO4. The van der Waals surface area contributed by atoms with Crippen molar-refractivity contribution < 1.29 is 19.1 Å². The summed E-state index contributed by atoms with van der Waals surface area (Å²) in [4.78, 5) is 22.8. The molecule has 0 spiro atoms. The van der Waals surface area contributed by atoms with Gasteiger partial charge in [-0.3, -0.25) is 4.79 Å². The maximum Gasteiger partial charge on any atom is 0.343 e. The van der Waals surface area contributed by atoms with E-state index in [1.165, 1.54) is 19.2 Å². The Morgan fingerprint density at radius 1 is 1.15 bits per heavy atom. The van der Waals surface area contributed by atoms with Gasteiger partial charge in [0.15, 0.2) is 11.5 Å². The van der Waals surface area contributed by atoms with Gasteiger partial charge in [0.1, 0.15) is 6.29 Å². The molecule has 0 fully saturated rings. The number of benzene rings is 2. The monoisotopic (exact) mass is 290 g/mol. The number of ether oxygens (including phenoxy) is 2. The molecule has 0 aliphatic rings. The Kier molecular flexibility index (Phi) is 4.38. The minimum atomic E-state index is -0.575. The Bertz CT molecular complexity index is 652. The number of esters is 1. The summed E-state index contributed by atoms with van der Waals surface area (Å²) in [6.07, 6.45) is 0.663. The van der Waals surface area contributed by atoms with Crippen LogP contribution in [0.4, 0.5) is 0 Å². The zero-order valence-corrected chi connectivity index (χ0v) is 11.4. The highest BCUT2D eigenvalue weighted by Gasteiger charge is 2.13. The fraction of sp³-hybridized carbons (Fsp3) is 0.0667. The van der Waals surface area contributed by atoms with Crippen molar-refractivity contribution in [1.29, 1.82) is 0 Å². The molecule has 0 radical (unpaired) electrons. The molecule has 0 bridgehead atoms. The quantitative estimate of drug-likeness (QED) is 0.492. The van der Waals surface area contributed by atoms with E-state index in [1.54, 1.807) is 30.3 Å². The first-order valence-corrected chi connectivity index (χ1v) is 6.13. The number of aldehydes is 1. The fourth-order valence-corrected chi connectivity index (χ4v) is 1.81. The van der Waals surface area contributed by atoms with Crippen molar-refractivity contribution >= 4 is 23.9 Å². The molecule has 0 aromatic heterocycles. The molecule has 102 valence electrons. The summed E-state index contributed by atoms with van der Waals surface area (Å²) in [5, 5.41) is 0.438. The largest absolute Gasteiger partial charge is 0.493 e. The van der Waals surface area contributed by atoms with Crippen LogP contribution in [0.1, 0.15) is 20.7 Å². The number of methoxy groups -OCH3 is 1. The van der Waals surface area contributed by atoms with Gasteiger partial charge in [-0.25, -0.2) is 4.79 Å². The van der Waals surface area contributed by atoms with E-state index in [9.17, 15) is 9.59 Å². The number of rotatable bonds is 4. The number of carbonyl (C=O) groups is 2. The van der Waals surface area contributed by atoms with Gasteiger partial charge in [0.2, 0.25) is 0 Å². The van der Waals surface area contributed by atoms with Gasteiger partial charge in [0.25, 0.3) is 0 Å². The summed E-state index contributed by atoms with van der Waals surface area (Å²) in [6.45, 7) is 0. The molecule has 0 aliphatic carbocycles. The summed E-state index contributed by atoms with van der Waals surface area (Å²) in [5.74, 6) is -0.0260. The average Bonchev–Trinajstić information content (AvgIpc) is 2.47. The van der Waals surface area contributed by atoms with Crippen molar-refractivity contribution in [1.82, 2.24) is 0 Å². The normalized spacial score (nSPS) is 9.90. The maximum atomic E-state index is 12.0. The van der Waals surface area contributed by atoms with E-state index in [2.05, 4.69) is 0 Å². The molecule has 0 heterocycles. The summed E-state index contributed by atoms with van der Waals surface area (Å²) < 4.78 is 10.3. The third-order valence-electron chi connectivity index (χ3n) is 2.59. The lowest BCUT2D eigenvalue weighted by Gasteiger charge is -2.09. The second-order valence-corrected chi connectivity index (χ2v) is 4.36. The van der Waals surface area contributed by atoms with Crippen LogP contribution in [-0.4, -0.2) is 19.4 Å². The third kappa shape index (κ3) is 3.16. The van der Waals surface area contributed by atoms with Gasteiger partial charge in [-0.2, -0.15) is 0 Å². The molecule has 2 aromatic rings. The van der Waals surface area contributed by atoms with Gasteiger partial charge in [0.05, 0.1) is 12.7 Å². The average molecular weight is 291 g/mol. The van der Waals surface area contributed by atoms with Crippen LogP contribution in [0.5, 0.6) is 11.5 Å². The Balaban J connectivity index is 2.29. The van der Waals surface area contributed by atoms with E-state index >= 15 is 0 Å². The van der Waals surface area contributed by atoms with Gasteiger partial charge in [-0.05, 0) is 36.4 Å². The molecule has 0 atom stereocenters. The molecule has 0 saturated heterocycles. The first-order valence-electron chi connectivity index (χ1n) is 5.75. The fourth-order valence-electron chi connectivity index (χ4n) is 1.62. The van der Waals surface area contributed by atoms with E-state index in [0.717, 1.165) is 0 Å². The third-order valence-corrected chi connectivity index (χ3v) is 2.82. The lowest BCUT2D eigenvalue weighted by molar-refractivity contribution is 0.0729. The van der Waals surface area contributed by atoms with Crippen molar-refractivity contribution in [3.63, 3.8) is 0 Å². The van der Waals surface area contributed by atoms with E-state index in [1.807, 2.05) is 0 Å². The number of hydrogen-bond donors (Lipinski definition) is 0. The van der Waals surface area contributed by atoms with Crippen LogP contribution in [0.15, 0.2) is 42.5 Å². The predicted octanol–water partition coefficient (Wildman–Crippen LogP) is 3.38. The van der Waals surface area contributed by atoms with Crippen LogP contribution >= 0.6 is 11.6 Å². The van der Waals surface area contributed by atoms with Crippen LogP contribution in [0, 0.1) is 0 Å². The molecule has 4 nitrogen and oxygen atoms in total. The smallest absolute Gasteiger partial charge is 0.343 e. The Morgan fingerprint density at radius 3 is 2.60 bits per heavy atom. The lowest BCUT2D eigenvalue weighted by Crippen LogP contribution is -2.09. The first-order chi connectivity index (χ1) is 9.63. The molecule has 2 aromatic carbocycles. The number of carbonyl (C=O) groups excluding carboxylic acids is 2. The van der Waals surface area contributed by atoms with Gasteiger partial charge >= 0.3 is 5.97 Å². The second kappa shape index (κ2) is 6.21. The Labute approximate surface area is 120 Å². The topological polar surface area (TPSA) is 52.6 Å². The van der Waals surface area contributed by atoms with Crippen molar-refractivity contribution in [3.05, 3.63) is 58.6 Å². The lowest BCUT2D eigenvalue weighted by atomic mass is 10.2. The summed E-state index contributed by atoms with van der Waals surface area (Å²) in [7, 11) is 1.45. The Morgan fingerprint density at radius 2 is 1.95 bits per heavy atom. The SMILES string of the molecule is COc1ccc(C=O)cc1OC(=O)c1cccc(Cl)c1. The highest BCUT2D eigenvalue weighted by Crippen LogP contribution is 2.28. The van der Waals surface area contributed by atoms with Gasteiger partial charge in [-0.15, -0.1) is 0 Å². The molecular weight excluding hydrogens is 280 g/mol. The molecule has 5 heteroatoms. The summed E-state index contributed by atoms with van der Waals surface area (Å²) >= 11 is 5.82. The van der Waals surface area contributed by atoms with Gasteiger partial charge < -0.3 is 9.47 Å². The zero-order chi connectivity index (χ0) is 14.5. The molecule has 0 unspecified atom stereocenters. The van der Waals surface area contributed by atoms with Crippen molar-refractivity contribution in [2.45, 2.75) is 0 Å². The van der Waals surface area contributed by atoms with Crippen LogP contribution in [0.25, 0.3) is 0 Å². The molecule has 0 aliphatic heterocycles. The standard InChI is InChI=1S/C15H11ClO4/c1-19-13-6-5-10(9-17)7-14(13)20-15(18)11-3-2-4-12(16)8-11/h2-9H,1H3. The molecule has 0 N–H and O–H groups in total. The van der Waals surface area contributed by atoms with E-state index < -0.39 is 5.97 Å². The molecule has 0 amide bonds. The molecule has 2 rings (SSSR count). The number of hydrogen-bond acceptors (Lipinski definition) is 4. The highest BCUT2D eigenvalue weighted by atomic mass is 35.5. The summed E-state index contributed by atoms with van der Waals surface area (Å²) in [5.41, 5.74) is 0.704.